The molecule has 0 aliphatic carbocycles. The lowest BCUT2D eigenvalue weighted by molar-refractivity contribution is -0.136. The molecule has 0 saturated heterocycles. The van der Waals surface area contributed by atoms with Gasteiger partial charge in [0, 0.05) is 17.6 Å². The van der Waals surface area contributed by atoms with E-state index < -0.39 is 17.8 Å². The number of para-hydroxylation sites is 1. The highest BCUT2D eigenvalue weighted by Crippen LogP contribution is 2.34. The summed E-state index contributed by atoms with van der Waals surface area (Å²) in [6.45, 7) is 4.34. The summed E-state index contributed by atoms with van der Waals surface area (Å²) in [5.41, 5.74) is 7.34. The average molecular weight is 419 g/mol. The second kappa shape index (κ2) is 9.08. The number of carbonyl (C=O) groups is 1. The number of halogens is 3. The summed E-state index contributed by atoms with van der Waals surface area (Å²) in [7, 11) is 0. The maximum absolute atomic E-state index is 13.0. The highest BCUT2D eigenvalue weighted by molar-refractivity contribution is 6.00. The van der Waals surface area contributed by atoms with Crippen molar-refractivity contribution in [1.82, 2.24) is 11.0 Å². The summed E-state index contributed by atoms with van der Waals surface area (Å²) in [6, 6.07) is 11.0. The number of amides is 2. The number of hydrazine groups is 2. The van der Waals surface area contributed by atoms with Crippen LogP contribution in [0, 0.1) is 5.92 Å². The lowest BCUT2D eigenvalue weighted by Gasteiger charge is -2.16. The third kappa shape index (κ3) is 5.66. The maximum Gasteiger partial charge on any atom is 0.418 e. The van der Waals surface area contributed by atoms with E-state index in [-0.39, 0.29) is 5.69 Å². The van der Waals surface area contributed by atoms with Gasteiger partial charge in [-0.1, -0.05) is 26.0 Å². The Hall–Kier alpha value is -3.20. The molecule has 0 radical (unpaired) electrons. The van der Waals surface area contributed by atoms with Gasteiger partial charge in [0.2, 0.25) is 0 Å². The molecule has 0 unspecified atom stereocenters. The monoisotopic (exact) mass is 419 g/mol. The van der Waals surface area contributed by atoms with Crippen LogP contribution in [-0.2, 0) is 6.18 Å². The van der Waals surface area contributed by atoms with Gasteiger partial charge in [0.25, 0.3) is 0 Å². The molecule has 0 bridgehead atoms. The Morgan fingerprint density at radius 1 is 1.07 bits per heavy atom. The first-order valence-corrected chi connectivity index (χ1v) is 9.58. The minimum atomic E-state index is -4.55. The fourth-order valence-electron chi connectivity index (χ4n) is 2.89. The van der Waals surface area contributed by atoms with E-state index in [1.807, 2.05) is 11.2 Å². The Labute approximate surface area is 173 Å². The van der Waals surface area contributed by atoms with E-state index >= 15 is 0 Å². The SMILES string of the molecule is CC(C)CCC1=CN(c2ccc(NC(=O)Nc3ccccc3C(F)(F)F)cc2)NN1. The van der Waals surface area contributed by atoms with Gasteiger partial charge in [-0.3, -0.25) is 5.01 Å². The lowest BCUT2D eigenvalue weighted by Crippen LogP contribution is -2.36. The molecule has 2 amide bonds. The van der Waals surface area contributed by atoms with Gasteiger partial charge in [0.15, 0.2) is 0 Å². The van der Waals surface area contributed by atoms with Crippen molar-refractivity contribution >= 4 is 23.1 Å². The molecule has 0 fully saturated rings. The summed E-state index contributed by atoms with van der Waals surface area (Å²) < 4.78 is 39.1. The highest BCUT2D eigenvalue weighted by atomic mass is 19.4. The number of nitrogens with one attached hydrogen (secondary N) is 4. The summed E-state index contributed by atoms with van der Waals surface area (Å²) >= 11 is 0. The molecule has 4 N–H and O–H groups in total. The summed E-state index contributed by atoms with van der Waals surface area (Å²) in [5.74, 6) is 0.612. The third-order valence-corrected chi connectivity index (χ3v) is 4.50. The highest BCUT2D eigenvalue weighted by Gasteiger charge is 2.33. The Kier molecular flexibility index (Phi) is 6.51. The molecule has 160 valence electrons. The van der Waals surface area contributed by atoms with Crippen molar-refractivity contribution in [1.29, 1.82) is 0 Å². The van der Waals surface area contributed by atoms with E-state index in [4.69, 9.17) is 0 Å². The molecule has 1 aliphatic heterocycles. The molecule has 0 spiro atoms. The molecule has 2 aromatic rings. The Bertz CT molecular complexity index is 910. The molecule has 0 atom stereocenters. The molecule has 1 aliphatic rings. The summed E-state index contributed by atoms with van der Waals surface area (Å²) in [5, 5.41) is 6.61. The Morgan fingerprint density at radius 3 is 2.43 bits per heavy atom. The van der Waals surface area contributed by atoms with E-state index in [2.05, 4.69) is 35.4 Å². The van der Waals surface area contributed by atoms with Crippen molar-refractivity contribution < 1.29 is 18.0 Å². The maximum atomic E-state index is 13.0. The van der Waals surface area contributed by atoms with Crippen LogP contribution in [0.25, 0.3) is 0 Å². The fourth-order valence-corrected chi connectivity index (χ4v) is 2.89. The second-order valence-corrected chi connectivity index (χ2v) is 7.36. The first-order valence-electron chi connectivity index (χ1n) is 9.58. The molecule has 3 rings (SSSR count). The van der Waals surface area contributed by atoms with Crippen molar-refractivity contribution in [3.63, 3.8) is 0 Å². The van der Waals surface area contributed by atoms with Crippen molar-refractivity contribution in [2.24, 2.45) is 5.92 Å². The van der Waals surface area contributed by atoms with Crippen LogP contribution < -0.4 is 26.6 Å². The molecular formula is C21H24F3N5O. The standard InChI is InChI=1S/C21H24F3N5O/c1-14(2)7-8-16-13-29(28-27-16)17-11-9-15(10-12-17)25-20(30)26-19-6-4-3-5-18(19)21(22,23)24/h3-6,9-14,27-28H,7-8H2,1-2H3,(H2,25,26,30). The minimum absolute atomic E-state index is 0.300. The van der Waals surface area contributed by atoms with Gasteiger partial charge in [-0.2, -0.15) is 13.2 Å². The summed E-state index contributed by atoms with van der Waals surface area (Å²) in [6.07, 6.45) is -0.584. The Morgan fingerprint density at radius 2 is 1.77 bits per heavy atom. The quantitative estimate of drug-likeness (QED) is 0.502. The van der Waals surface area contributed by atoms with E-state index in [1.54, 1.807) is 24.3 Å². The first-order chi connectivity index (χ1) is 14.2. The summed E-state index contributed by atoms with van der Waals surface area (Å²) in [4.78, 5) is 12.1. The van der Waals surface area contributed by atoms with E-state index in [0.29, 0.717) is 11.6 Å². The number of anilines is 3. The van der Waals surface area contributed by atoms with Crippen LogP contribution in [0.15, 0.2) is 60.4 Å². The zero-order valence-corrected chi connectivity index (χ0v) is 16.7. The molecule has 9 heteroatoms. The third-order valence-electron chi connectivity index (χ3n) is 4.50. The lowest BCUT2D eigenvalue weighted by atomic mass is 10.1. The minimum Gasteiger partial charge on any atom is -0.308 e. The van der Waals surface area contributed by atoms with E-state index in [0.717, 1.165) is 30.3 Å². The smallest absolute Gasteiger partial charge is 0.308 e. The van der Waals surface area contributed by atoms with Crippen molar-refractivity contribution in [2.45, 2.75) is 32.9 Å². The molecule has 0 saturated carbocycles. The average Bonchev–Trinajstić information content (AvgIpc) is 3.15. The molecule has 6 nitrogen and oxygen atoms in total. The molecular weight excluding hydrogens is 395 g/mol. The molecule has 1 heterocycles. The van der Waals surface area contributed by atoms with Gasteiger partial charge in [-0.25, -0.2) is 4.79 Å². The van der Waals surface area contributed by atoms with Gasteiger partial charge in [-0.15, -0.1) is 5.53 Å². The number of hydrogen-bond acceptors (Lipinski definition) is 4. The predicted octanol–water partition coefficient (Wildman–Crippen LogP) is 5.46. The van der Waals surface area contributed by atoms with Gasteiger partial charge < -0.3 is 16.1 Å². The zero-order valence-electron chi connectivity index (χ0n) is 16.7. The predicted molar refractivity (Wildman–Crippen MR) is 111 cm³/mol. The molecule has 0 aromatic heterocycles. The first kappa shape index (κ1) is 21.5. The van der Waals surface area contributed by atoms with Crippen LogP contribution in [0.2, 0.25) is 0 Å². The van der Waals surface area contributed by atoms with Crippen LogP contribution in [-0.4, -0.2) is 6.03 Å². The van der Waals surface area contributed by atoms with Gasteiger partial charge in [-0.05, 0) is 55.2 Å². The fraction of sp³-hybridized carbons (Fsp3) is 0.286. The number of allylic oxidation sites excluding steroid dienone is 1. The molecule has 30 heavy (non-hydrogen) atoms. The largest absolute Gasteiger partial charge is 0.418 e. The van der Waals surface area contributed by atoms with Gasteiger partial charge >= 0.3 is 12.2 Å². The van der Waals surface area contributed by atoms with Crippen LogP contribution in [0.4, 0.5) is 35.0 Å². The number of rotatable bonds is 6. The molecule has 2 aromatic carbocycles. The Balaban J connectivity index is 1.60. The number of benzene rings is 2. The van der Waals surface area contributed by atoms with E-state index in [9.17, 15) is 18.0 Å². The second-order valence-electron chi connectivity index (χ2n) is 7.36. The van der Waals surface area contributed by atoms with Crippen LogP contribution >= 0.6 is 0 Å². The van der Waals surface area contributed by atoms with Crippen LogP contribution in [0.5, 0.6) is 0 Å². The van der Waals surface area contributed by atoms with Crippen molar-refractivity contribution in [2.75, 3.05) is 15.6 Å². The van der Waals surface area contributed by atoms with Gasteiger partial charge in [0.05, 0.1) is 16.9 Å². The van der Waals surface area contributed by atoms with Crippen LogP contribution in [0.1, 0.15) is 32.3 Å². The number of alkyl halides is 3. The normalized spacial score (nSPS) is 13.8. The number of carbonyl (C=O) groups excluding carboxylic acids is 1. The number of nitrogens with zero attached hydrogens (tertiary/aromatic N) is 1. The van der Waals surface area contributed by atoms with Gasteiger partial charge in [0.1, 0.15) is 0 Å². The van der Waals surface area contributed by atoms with Crippen LogP contribution in [0.3, 0.4) is 0 Å². The zero-order chi connectivity index (χ0) is 21.7. The topological polar surface area (TPSA) is 68.4 Å². The van der Waals surface area contributed by atoms with Crippen molar-refractivity contribution in [3.8, 4) is 0 Å². The number of urea groups is 1. The van der Waals surface area contributed by atoms with Crippen molar-refractivity contribution in [3.05, 3.63) is 66.0 Å². The number of hydrogen-bond donors (Lipinski definition) is 4. The van der Waals surface area contributed by atoms with E-state index in [1.165, 1.54) is 18.2 Å².